The first kappa shape index (κ1) is 25.6. The molecule has 0 N–H and O–H groups in total. The van der Waals surface area contributed by atoms with Crippen LogP contribution in [-0.2, 0) is 5.41 Å². The maximum absolute atomic E-state index is 13.2. The molecule has 2 aromatic heterocycles. The third-order valence-corrected chi connectivity index (χ3v) is 9.38. The fourth-order valence-electron chi connectivity index (χ4n) is 7.46. The van der Waals surface area contributed by atoms with Crippen LogP contribution in [0.5, 0.6) is 0 Å². The fraction of sp³-hybridized carbons (Fsp3) is 0.0238. The highest BCUT2D eigenvalue weighted by atomic mass is 16.1. The van der Waals surface area contributed by atoms with Gasteiger partial charge < -0.3 is 0 Å². The Morgan fingerprint density at radius 1 is 0.422 bits per heavy atom. The van der Waals surface area contributed by atoms with Gasteiger partial charge in [0.2, 0.25) is 0 Å². The van der Waals surface area contributed by atoms with Gasteiger partial charge in [-0.1, -0.05) is 115 Å². The van der Waals surface area contributed by atoms with E-state index in [1.165, 1.54) is 33.4 Å². The van der Waals surface area contributed by atoms with Crippen LogP contribution in [0.4, 0.5) is 0 Å². The number of benzene rings is 5. The molecule has 3 heteroatoms. The summed E-state index contributed by atoms with van der Waals surface area (Å²) in [7, 11) is 0. The minimum atomic E-state index is -0.453. The van der Waals surface area contributed by atoms with Crippen molar-refractivity contribution < 1.29 is 4.79 Å². The lowest BCUT2D eigenvalue weighted by Crippen LogP contribution is -2.25. The molecular formula is C42H26N2O. The second-order valence-electron chi connectivity index (χ2n) is 11.7. The third kappa shape index (κ3) is 3.68. The lowest BCUT2D eigenvalue weighted by Gasteiger charge is -2.29. The van der Waals surface area contributed by atoms with Crippen molar-refractivity contribution >= 4 is 5.78 Å². The highest BCUT2D eigenvalue weighted by Crippen LogP contribution is 2.62. The second-order valence-corrected chi connectivity index (χ2v) is 11.7. The van der Waals surface area contributed by atoms with Crippen molar-refractivity contribution in [2.45, 2.75) is 5.41 Å². The van der Waals surface area contributed by atoms with E-state index in [0.29, 0.717) is 11.1 Å². The average molecular weight is 575 g/mol. The van der Waals surface area contributed by atoms with Crippen molar-refractivity contribution in [3.05, 3.63) is 191 Å². The Bertz CT molecular complexity index is 2260. The lowest BCUT2D eigenvalue weighted by molar-refractivity contribution is 0.103. The summed E-state index contributed by atoms with van der Waals surface area (Å²) in [4.78, 5) is 22.8. The van der Waals surface area contributed by atoms with Crippen LogP contribution in [0.2, 0.25) is 0 Å². The summed E-state index contributed by atoms with van der Waals surface area (Å²) in [5.74, 6) is 0.0280. The predicted molar refractivity (Wildman–Crippen MR) is 179 cm³/mol. The zero-order chi connectivity index (χ0) is 30.0. The van der Waals surface area contributed by atoms with Crippen molar-refractivity contribution in [3.63, 3.8) is 0 Å². The minimum Gasteiger partial charge on any atom is -0.289 e. The van der Waals surface area contributed by atoms with Gasteiger partial charge >= 0.3 is 0 Å². The molecule has 0 atom stereocenters. The van der Waals surface area contributed by atoms with Gasteiger partial charge in [0.25, 0.3) is 0 Å². The monoisotopic (exact) mass is 574 g/mol. The topological polar surface area (TPSA) is 42.9 Å². The van der Waals surface area contributed by atoms with Gasteiger partial charge in [0.15, 0.2) is 5.78 Å². The number of rotatable bonds is 4. The number of aromatic nitrogens is 2. The molecule has 45 heavy (non-hydrogen) atoms. The molecule has 0 bridgehead atoms. The number of pyridine rings is 2. The molecule has 0 unspecified atom stereocenters. The molecule has 0 aliphatic heterocycles. The molecule has 0 fully saturated rings. The molecular weight excluding hydrogens is 548 g/mol. The average Bonchev–Trinajstić information content (AvgIpc) is 3.59. The van der Waals surface area contributed by atoms with Crippen molar-refractivity contribution in [1.82, 2.24) is 9.97 Å². The first-order chi connectivity index (χ1) is 22.2. The van der Waals surface area contributed by atoms with Gasteiger partial charge in [0.05, 0.1) is 16.8 Å². The van der Waals surface area contributed by atoms with Crippen molar-refractivity contribution in [2.75, 3.05) is 0 Å². The summed E-state index contributed by atoms with van der Waals surface area (Å²) in [5.41, 5.74) is 14.6. The quantitative estimate of drug-likeness (QED) is 0.197. The summed E-state index contributed by atoms with van der Waals surface area (Å²) in [6.07, 6.45) is 3.73. The molecule has 1 spiro atoms. The van der Waals surface area contributed by atoms with Crippen molar-refractivity contribution in [3.8, 4) is 44.8 Å². The number of nitrogens with zero attached hydrogens (tertiary/aromatic N) is 2. The smallest absolute Gasteiger partial charge is 0.193 e. The fourth-order valence-corrected chi connectivity index (χ4v) is 7.46. The third-order valence-electron chi connectivity index (χ3n) is 9.38. The SMILES string of the molecule is O=C(c1ccccc1)c1cccc(-c2cccc(-c3ccc4c(c3)-c3ccccc3C43c4cccnc4-c4ncccc43)c2)c1. The molecule has 3 nitrogen and oxygen atoms in total. The van der Waals surface area contributed by atoms with Gasteiger partial charge in [-0.3, -0.25) is 14.8 Å². The molecule has 5 aromatic carbocycles. The van der Waals surface area contributed by atoms with E-state index in [9.17, 15) is 4.79 Å². The Labute approximate surface area is 261 Å². The van der Waals surface area contributed by atoms with Gasteiger partial charge in [0, 0.05) is 23.5 Å². The maximum Gasteiger partial charge on any atom is 0.193 e. The molecule has 2 heterocycles. The van der Waals surface area contributed by atoms with Crippen LogP contribution in [0, 0.1) is 0 Å². The first-order valence-corrected chi connectivity index (χ1v) is 15.2. The largest absolute Gasteiger partial charge is 0.289 e. The normalized spacial score (nSPS) is 13.2. The molecule has 210 valence electrons. The van der Waals surface area contributed by atoms with Gasteiger partial charge in [0.1, 0.15) is 0 Å². The highest BCUT2D eigenvalue weighted by molar-refractivity contribution is 6.09. The van der Waals surface area contributed by atoms with Gasteiger partial charge in [-0.15, -0.1) is 0 Å². The summed E-state index contributed by atoms with van der Waals surface area (Å²) >= 11 is 0. The number of carbonyl (C=O) groups excluding carboxylic acids is 1. The number of ketones is 1. The highest BCUT2D eigenvalue weighted by Gasteiger charge is 2.52. The lowest BCUT2D eigenvalue weighted by atomic mass is 9.71. The van der Waals surface area contributed by atoms with E-state index in [2.05, 4.69) is 84.9 Å². The molecule has 2 aliphatic rings. The Morgan fingerprint density at radius 3 is 1.71 bits per heavy atom. The molecule has 0 saturated carbocycles. The second kappa shape index (κ2) is 9.80. The van der Waals surface area contributed by atoms with E-state index < -0.39 is 5.41 Å². The predicted octanol–water partition coefficient (Wildman–Crippen LogP) is 9.39. The van der Waals surface area contributed by atoms with Gasteiger partial charge in [-0.2, -0.15) is 0 Å². The Kier molecular flexibility index (Phi) is 5.56. The number of carbonyl (C=O) groups is 1. The van der Waals surface area contributed by atoms with E-state index in [0.717, 1.165) is 33.6 Å². The minimum absolute atomic E-state index is 0.0280. The molecule has 7 aromatic rings. The van der Waals surface area contributed by atoms with Crippen LogP contribution in [0.25, 0.3) is 44.8 Å². The molecule has 2 aliphatic carbocycles. The van der Waals surface area contributed by atoms with Crippen LogP contribution in [0.15, 0.2) is 158 Å². The Hall–Kier alpha value is -5.93. The number of fused-ring (bicyclic) bond motifs is 10. The number of hydrogen-bond acceptors (Lipinski definition) is 3. The van der Waals surface area contributed by atoms with E-state index >= 15 is 0 Å². The Morgan fingerprint density at radius 2 is 0.978 bits per heavy atom. The van der Waals surface area contributed by atoms with E-state index in [1.54, 1.807) is 0 Å². The molecule has 0 radical (unpaired) electrons. The summed E-state index contributed by atoms with van der Waals surface area (Å²) < 4.78 is 0. The molecule has 9 rings (SSSR count). The standard InChI is InChI=1S/C42H26N2O/c45-41(27-10-2-1-3-11-27)32-15-7-14-30(25-32)28-12-6-13-29(24-28)31-20-21-36-34(26-31)33-16-4-5-17-35(33)42(36)37-18-8-22-43-39(37)40-38(42)19-9-23-44-40/h1-26H. The van der Waals surface area contributed by atoms with Crippen LogP contribution in [0.1, 0.15) is 38.2 Å². The van der Waals surface area contributed by atoms with Crippen LogP contribution in [-0.4, -0.2) is 15.8 Å². The molecule has 0 saturated heterocycles. The Balaban J connectivity index is 1.17. The van der Waals surface area contributed by atoms with Crippen molar-refractivity contribution in [2.24, 2.45) is 0 Å². The van der Waals surface area contributed by atoms with Gasteiger partial charge in [-0.25, -0.2) is 0 Å². The summed E-state index contributed by atoms with van der Waals surface area (Å²) in [5, 5.41) is 0. The van der Waals surface area contributed by atoms with E-state index in [-0.39, 0.29) is 5.78 Å². The zero-order valence-electron chi connectivity index (χ0n) is 24.3. The molecule has 0 amide bonds. The first-order valence-electron chi connectivity index (χ1n) is 15.2. The summed E-state index contributed by atoms with van der Waals surface area (Å²) in [6, 6.07) is 50.1. The van der Waals surface area contributed by atoms with Gasteiger partial charge in [-0.05, 0) is 86.0 Å². The van der Waals surface area contributed by atoms with Crippen LogP contribution in [0.3, 0.4) is 0 Å². The number of hydrogen-bond donors (Lipinski definition) is 0. The van der Waals surface area contributed by atoms with E-state index in [1.807, 2.05) is 73.1 Å². The van der Waals surface area contributed by atoms with Crippen LogP contribution >= 0.6 is 0 Å². The summed E-state index contributed by atoms with van der Waals surface area (Å²) in [6.45, 7) is 0. The van der Waals surface area contributed by atoms with E-state index in [4.69, 9.17) is 9.97 Å². The van der Waals surface area contributed by atoms with Crippen molar-refractivity contribution in [1.29, 1.82) is 0 Å². The zero-order valence-corrected chi connectivity index (χ0v) is 24.3. The van der Waals surface area contributed by atoms with Crippen LogP contribution < -0.4 is 0 Å². The maximum atomic E-state index is 13.2.